The first-order chi connectivity index (χ1) is 7.22. The Labute approximate surface area is 88.2 Å². The number of amides is 1. The third-order valence-electron chi connectivity index (χ3n) is 2.69. The molecule has 4 nitrogen and oxygen atoms in total. The van der Waals surface area contributed by atoms with Crippen LogP contribution in [-0.4, -0.2) is 19.1 Å². The molecule has 2 rings (SSSR count). The highest BCUT2D eigenvalue weighted by molar-refractivity contribution is 5.93. The average Bonchev–Trinajstić information content (AvgIpc) is 2.61. The predicted octanol–water partition coefficient (Wildman–Crippen LogP) is 0.610. The highest BCUT2D eigenvalue weighted by Gasteiger charge is 2.24. The van der Waals surface area contributed by atoms with Gasteiger partial charge in [0, 0.05) is 17.0 Å². The third-order valence-corrected chi connectivity index (χ3v) is 2.69. The van der Waals surface area contributed by atoms with Crippen molar-refractivity contribution in [1.82, 2.24) is 0 Å². The number of hydrogen-bond donors (Lipinski definition) is 2. The summed E-state index contributed by atoms with van der Waals surface area (Å²) in [6.07, 6.45) is 0.870. The van der Waals surface area contributed by atoms with Crippen LogP contribution in [0.1, 0.15) is 28.3 Å². The van der Waals surface area contributed by atoms with Crippen LogP contribution >= 0.6 is 0 Å². The van der Waals surface area contributed by atoms with E-state index in [4.69, 9.17) is 16.2 Å². The van der Waals surface area contributed by atoms with E-state index in [0.717, 1.165) is 17.7 Å². The van der Waals surface area contributed by atoms with Crippen LogP contribution in [0, 0.1) is 0 Å². The lowest BCUT2D eigenvalue weighted by molar-refractivity contribution is 0.1000. The quantitative estimate of drug-likeness (QED) is 0.760. The van der Waals surface area contributed by atoms with Crippen molar-refractivity contribution >= 4 is 5.91 Å². The van der Waals surface area contributed by atoms with Crippen LogP contribution in [-0.2, 0) is 0 Å². The third kappa shape index (κ3) is 1.80. The molecule has 0 saturated carbocycles. The number of benzene rings is 1. The Hall–Kier alpha value is -1.55. The summed E-state index contributed by atoms with van der Waals surface area (Å²) in [4.78, 5) is 11.0. The van der Waals surface area contributed by atoms with Crippen LogP contribution in [0.3, 0.4) is 0 Å². The standard InChI is InChI=1S/C11H14N2O2/c12-4-3-8-6-15-10-2-1-7(11(13)14)5-9(8)10/h1-2,5,8H,3-4,6,12H2,(H2,13,14). The zero-order valence-corrected chi connectivity index (χ0v) is 8.40. The van der Waals surface area contributed by atoms with Crippen molar-refractivity contribution in [2.75, 3.05) is 13.2 Å². The van der Waals surface area contributed by atoms with Gasteiger partial charge in [-0.15, -0.1) is 0 Å². The number of rotatable bonds is 3. The highest BCUT2D eigenvalue weighted by Crippen LogP contribution is 2.35. The zero-order chi connectivity index (χ0) is 10.8. The maximum absolute atomic E-state index is 11.0. The van der Waals surface area contributed by atoms with Crippen molar-refractivity contribution in [1.29, 1.82) is 0 Å². The van der Waals surface area contributed by atoms with Gasteiger partial charge in [-0.25, -0.2) is 0 Å². The largest absolute Gasteiger partial charge is 0.493 e. The summed E-state index contributed by atoms with van der Waals surface area (Å²) in [6.45, 7) is 1.27. The maximum Gasteiger partial charge on any atom is 0.248 e. The van der Waals surface area contributed by atoms with E-state index in [9.17, 15) is 4.79 Å². The van der Waals surface area contributed by atoms with Crippen LogP contribution in [0.5, 0.6) is 5.75 Å². The molecule has 0 aliphatic carbocycles. The van der Waals surface area contributed by atoms with E-state index in [2.05, 4.69) is 0 Å². The summed E-state index contributed by atoms with van der Waals surface area (Å²) in [5.74, 6) is 0.735. The van der Waals surface area contributed by atoms with E-state index in [1.54, 1.807) is 12.1 Å². The van der Waals surface area contributed by atoms with Crippen LogP contribution in [0.15, 0.2) is 18.2 Å². The maximum atomic E-state index is 11.0. The lowest BCUT2D eigenvalue weighted by Crippen LogP contribution is -2.12. The van der Waals surface area contributed by atoms with Gasteiger partial charge in [-0.1, -0.05) is 0 Å². The Balaban J connectivity index is 2.33. The SMILES string of the molecule is NCCC1COc2ccc(C(N)=O)cc21. The van der Waals surface area contributed by atoms with Gasteiger partial charge in [-0.3, -0.25) is 4.79 Å². The monoisotopic (exact) mass is 206 g/mol. The van der Waals surface area contributed by atoms with Gasteiger partial charge >= 0.3 is 0 Å². The van der Waals surface area contributed by atoms with Crippen LogP contribution in [0.25, 0.3) is 0 Å². The second-order valence-corrected chi connectivity index (χ2v) is 3.70. The molecule has 1 aliphatic heterocycles. The Bertz CT molecular complexity index is 388. The molecule has 1 amide bonds. The fourth-order valence-corrected chi connectivity index (χ4v) is 1.87. The molecule has 0 spiro atoms. The van der Waals surface area contributed by atoms with Gasteiger partial charge in [0.2, 0.25) is 5.91 Å². The minimum atomic E-state index is -0.406. The first kappa shape index (κ1) is 9.98. The van der Waals surface area contributed by atoms with Gasteiger partial charge in [0.15, 0.2) is 0 Å². The number of ether oxygens (including phenoxy) is 1. The van der Waals surface area contributed by atoms with Crippen molar-refractivity contribution in [3.05, 3.63) is 29.3 Å². The van der Waals surface area contributed by atoms with Gasteiger partial charge in [0.1, 0.15) is 5.75 Å². The van der Waals surface area contributed by atoms with Crippen LogP contribution in [0.2, 0.25) is 0 Å². The smallest absolute Gasteiger partial charge is 0.248 e. The molecule has 1 aromatic carbocycles. The molecular formula is C11H14N2O2. The molecule has 15 heavy (non-hydrogen) atoms. The second kappa shape index (κ2) is 3.90. The summed E-state index contributed by atoms with van der Waals surface area (Å²) < 4.78 is 5.49. The molecular weight excluding hydrogens is 192 g/mol. The summed E-state index contributed by atoms with van der Waals surface area (Å²) in [5, 5.41) is 0. The van der Waals surface area contributed by atoms with E-state index >= 15 is 0 Å². The lowest BCUT2D eigenvalue weighted by atomic mass is 9.96. The molecule has 1 atom stereocenters. The van der Waals surface area contributed by atoms with E-state index in [1.807, 2.05) is 6.07 Å². The zero-order valence-electron chi connectivity index (χ0n) is 8.40. The molecule has 0 fully saturated rings. The second-order valence-electron chi connectivity index (χ2n) is 3.70. The molecule has 4 heteroatoms. The molecule has 1 aliphatic rings. The number of hydrogen-bond acceptors (Lipinski definition) is 3. The molecule has 0 bridgehead atoms. The average molecular weight is 206 g/mol. The normalized spacial score (nSPS) is 18.3. The van der Waals surface area contributed by atoms with Crippen LogP contribution < -0.4 is 16.2 Å². The van der Waals surface area contributed by atoms with Crippen molar-refractivity contribution in [3.8, 4) is 5.75 Å². The van der Waals surface area contributed by atoms with Gasteiger partial charge in [0.05, 0.1) is 6.61 Å². The van der Waals surface area contributed by atoms with Crippen molar-refractivity contribution < 1.29 is 9.53 Å². The summed E-state index contributed by atoms with van der Waals surface area (Å²) in [5.41, 5.74) is 12.3. The minimum Gasteiger partial charge on any atom is -0.493 e. The fraction of sp³-hybridized carbons (Fsp3) is 0.364. The first-order valence-corrected chi connectivity index (χ1v) is 4.99. The summed E-state index contributed by atoms with van der Waals surface area (Å²) in [6, 6.07) is 5.29. The van der Waals surface area contributed by atoms with Gasteiger partial charge in [-0.2, -0.15) is 0 Å². The Kier molecular flexibility index (Phi) is 2.60. The Morgan fingerprint density at radius 3 is 3.00 bits per heavy atom. The molecule has 1 aromatic rings. The lowest BCUT2D eigenvalue weighted by Gasteiger charge is -2.06. The molecule has 0 saturated heterocycles. The van der Waals surface area contributed by atoms with Gasteiger partial charge in [0.25, 0.3) is 0 Å². The predicted molar refractivity (Wildman–Crippen MR) is 56.9 cm³/mol. The summed E-state index contributed by atoms with van der Waals surface area (Å²) >= 11 is 0. The molecule has 1 heterocycles. The minimum absolute atomic E-state index is 0.296. The number of nitrogens with two attached hydrogens (primary N) is 2. The van der Waals surface area contributed by atoms with E-state index < -0.39 is 5.91 Å². The summed E-state index contributed by atoms with van der Waals surface area (Å²) in [7, 11) is 0. The number of carbonyl (C=O) groups excluding carboxylic acids is 1. The first-order valence-electron chi connectivity index (χ1n) is 4.99. The van der Waals surface area contributed by atoms with Crippen molar-refractivity contribution in [3.63, 3.8) is 0 Å². The molecule has 0 aromatic heterocycles. The van der Waals surface area contributed by atoms with E-state index in [-0.39, 0.29) is 0 Å². The molecule has 80 valence electrons. The number of carbonyl (C=O) groups is 1. The molecule has 0 radical (unpaired) electrons. The van der Waals surface area contributed by atoms with Crippen molar-refractivity contribution in [2.24, 2.45) is 11.5 Å². The van der Waals surface area contributed by atoms with Crippen LogP contribution in [0.4, 0.5) is 0 Å². The number of fused-ring (bicyclic) bond motifs is 1. The molecule has 1 unspecified atom stereocenters. The highest BCUT2D eigenvalue weighted by atomic mass is 16.5. The topological polar surface area (TPSA) is 78.3 Å². The number of primary amides is 1. The van der Waals surface area contributed by atoms with Gasteiger partial charge in [-0.05, 0) is 31.2 Å². The fourth-order valence-electron chi connectivity index (χ4n) is 1.87. The van der Waals surface area contributed by atoms with Crippen molar-refractivity contribution in [2.45, 2.75) is 12.3 Å². The van der Waals surface area contributed by atoms with E-state index in [1.165, 1.54) is 0 Å². The van der Waals surface area contributed by atoms with Gasteiger partial charge < -0.3 is 16.2 Å². The van der Waals surface area contributed by atoms with E-state index in [0.29, 0.717) is 24.6 Å². The Morgan fingerprint density at radius 1 is 1.53 bits per heavy atom. The molecule has 4 N–H and O–H groups in total. The Morgan fingerprint density at radius 2 is 2.33 bits per heavy atom.